The summed E-state index contributed by atoms with van der Waals surface area (Å²) < 4.78 is 11.6. The van der Waals surface area contributed by atoms with Gasteiger partial charge < -0.3 is 9.47 Å². The Morgan fingerprint density at radius 1 is 1.15 bits per heavy atom. The molecule has 5 heteroatoms. The number of carbonyl (C=O) groups is 2. The third-order valence-corrected chi connectivity index (χ3v) is 5.63. The van der Waals surface area contributed by atoms with E-state index >= 15 is 0 Å². The zero-order chi connectivity index (χ0) is 18.1. The van der Waals surface area contributed by atoms with Crippen molar-refractivity contribution in [3.63, 3.8) is 0 Å². The van der Waals surface area contributed by atoms with Gasteiger partial charge in [-0.05, 0) is 49.8 Å². The fraction of sp³-hybridized carbons (Fsp3) is 0.429. The maximum absolute atomic E-state index is 12.6. The molecule has 0 spiro atoms. The van der Waals surface area contributed by atoms with Crippen molar-refractivity contribution >= 4 is 11.8 Å². The summed E-state index contributed by atoms with van der Waals surface area (Å²) in [6, 6.07) is 5.77. The third kappa shape index (κ3) is 2.81. The van der Waals surface area contributed by atoms with Crippen molar-refractivity contribution < 1.29 is 19.1 Å². The first-order chi connectivity index (χ1) is 12.6. The molecule has 1 saturated carbocycles. The number of rotatable bonds is 5. The van der Waals surface area contributed by atoms with Crippen molar-refractivity contribution in [3.8, 4) is 11.5 Å². The van der Waals surface area contributed by atoms with E-state index in [0.717, 1.165) is 18.4 Å². The van der Waals surface area contributed by atoms with Gasteiger partial charge in [0.2, 0.25) is 11.8 Å². The maximum Gasteiger partial charge on any atom is 0.238 e. The largest absolute Gasteiger partial charge is 0.493 e. The SMILES string of the molecule is COc1ccc(C[C@@]23C=CC=C[C@@H]2C(=O)NC3=O)cc1OC1CCCC1. The minimum Gasteiger partial charge on any atom is -0.493 e. The van der Waals surface area contributed by atoms with E-state index in [0.29, 0.717) is 17.9 Å². The van der Waals surface area contributed by atoms with E-state index in [2.05, 4.69) is 5.32 Å². The smallest absolute Gasteiger partial charge is 0.238 e. The molecule has 1 aromatic rings. The number of allylic oxidation sites excluding steroid dienone is 2. The van der Waals surface area contributed by atoms with E-state index < -0.39 is 11.3 Å². The summed E-state index contributed by atoms with van der Waals surface area (Å²) >= 11 is 0. The van der Waals surface area contributed by atoms with Crippen molar-refractivity contribution in [2.24, 2.45) is 11.3 Å². The summed E-state index contributed by atoms with van der Waals surface area (Å²) in [5, 5.41) is 2.48. The number of ether oxygens (including phenoxy) is 2. The second kappa shape index (κ2) is 6.63. The zero-order valence-corrected chi connectivity index (χ0v) is 14.9. The van der Waals surface area contributed by atoms with Gasteiger partial charge in [-0.3, -0.25) is 14.9 Å². The number of hydrogen-bond acceptors (Lipinski definition) is 4. The van der Waals surface area contributed by atoms with Gasteiger partial charge >= 0.3 is 0 Å². The molecule has 2 atom stereocenters. The van der Waals surface area contributed by atoms with Gasteiger partial charge in [0.05, 0.1) is 24.5 Å². The van der Waals surface area contributed by atoms with Gasteiger partial charge in [0.1, 0.15) is 0 Å². The molecule has 136 valence electrons. The molecule has 3 aliphatic rings. The summed E-state index contributed by atoms with van der Waals surface area (Å²) in [6.45, 7) is 0. The molecule has 1 N–H and O–H groups in total. The van der Waals surface area contributed by atoms with Crippen LogP contribution in [0.25, 0.3) is 0 Å². The topological polar surface area (TPSA) is 64.6 Å². The van der Waals surface area contributed by atoms with Crippen molar-refractivity contribution in [2.45, 2.75) is 38.2 Å². The molecule has 26 heavy (non-hydrogen) atoms. The van der Waals surface area contributed by atoms with Crippen LogP contribution in [-0.4, -0.2) is 25.0 Å². The van der Waals surface area contributed by atoms with Crippen LogP contribution in [0, 0.1) is 11.3 Å². The van der Waals surface area contributed by atoms with Gasteiger partial charge in [-0.15, -0.1) is 0 Å². The lowest BCUT2D eigenvalue weighted by Gasteiger charge is -2.28. The van der Waals surface area contributed by atoms with Crippen LogP contribution >= 0.6 is 0 Å². The maximum atomic E-state index is 12.6. The fourth-order valence-corrected chi connectivity index (χ4v) is 4.22. The normalized spacial score (nSPS) is 27.5. The van der Waals surface area contributed by atoms with Gasteiger partial charge in [-0.25, -0.2) is 0 Å². The van der Waals surface area contributed by atoms with E-state index in [1.165, 1.54) is 12.8 Å². The van der Waals surface area contributed by atoms with Crippen LogP contribution in [0.2, 0.25) is 0 Å². The first-order valence-electron chi connectivity index (χ1n) is 9.17. The second-order valence-electron chi connectivity index (χ2n) is 7.27. The molecule has 5 nitrogen and oxygen atoms in total. The van der Waals surface area contributed by atoms with Gasteiger partial charge in [0, 0.05) is 0 Å². The Labute approximate surface area is 153 Å². The average Bonchev–Trinajstić information content (AvgIpc) is 3.23. The van der Waals surface area contributed by atoms with E-state index in [-0.39, 0.29) is 17.9 Å². The Hall–Kier alpha value is -2.56. The van der Waals surface area contributed by atoms with Gasteiger partial charge in [0.15, 0.2) is 11.5 Å². The lowest BCUT2D eigenvalue weighted by Crippen LogP contribution is -2.35. The van der Waals surface area contributed by atoms with Crippen LogP contribution < -0.4 is 14.8 Å². The molecule has 4 rings (SSSR count). The highest BCUT2D eigenvalue weighted by atomic mass is 16.5. The van der Waals surface area contributed by atoms with Crippen LogP contribution in [0.3, 0.4) is 0 Å². The molecule has 1 aromatic carbocycles. The fourth-order valence-electron chi connectivity index (χ4n) is 4.22. The van der Waals surface area contributed by atoms with Crippen LogP contribution in [0.1, 0.15) is 31.2 Å². The first-order valence-corrected chi connectivity index (χ1v) is 9.17. The van der Waals surface area contributed by atoms with E-state index in [4.69, 9.17) is 9.47 Å². The van der Waals surface area contributed by atoms with Crippen molar-refractivity contribution in [2.75, 3.05) is 7.11 Å². The van der Waals surface area contributed by atoms with Crippen LogP contribution in [0.4, 0.5) is 0 Å². The summed E-state index contributed by atoms with van der Waals surface area (Å²) in [5.41, 5.74) is 0.0963. The third-order valence-electron chi connectivity index (χ3n) is 5.63. The Morgan fingerprint density at radius 2 is 1.96 bits per heavy atom. The first kappa shape index (κ1) is 16.9. The lowest BCUT2D eigenvalue weighted by atomic mass is 9.70. The number of nitrogens with one attached hydrogen (secondary N) is 1. The Balaban J connectivity index is 1.63. The van der Waals surface area contributed by atoms with Gasteiger partial charge in [-0.2, -0.15) is 0 Å². The monoisotopic (exact) mass is 353 g/mol. The minimum absolute atomic E-state index is 0.221. The Kier molecular flexibility index (Phi) is 4.31. The van der Waals surface area contributed by atoms with Crippen LogP contribution in [0.5, 0.6) is 11.5 Å². The van der Waals surface area contributed by atoms with Crippen molar-refractivity contribution in [3.05, 3.63) is 48.1 Å². The molecule has 1 saturated heterocycles. The molecule has 2 aliphatic carbocycles. The number of imide groups is 1. The minimum atomic E-state index is -0.856. The second-order valence-corrected chi connectivity index (χ2v) is 7.27. The van der Waals surface area contributed by atoms with Gasteiger partial charge in [0.25, 0.3) is 0 Å². The summed E-state index contributed by atoms with van der Waals surface area (Å²) in [5.74, 6) is 0.487. The molecule has 1 aliphatic heterocycles. The molecule has 0 bridgehead atoms. The molecule has 1 heterocycles. The average molecular weight is 353 g/mol. The summed E-state index contributed by atoms with van der Waals surface area (Å²) in [7, 11) is 1.63. The number of methoxy groups -OCH3 is 1. The summed E-state index contributed by atoms with van der Waals surface area (Å²) in [6.07, 6.45) is 12.5. The van der Waals surface area contributed by atoms with E-state index in [9.17, 15) is 9.59 Å². The van der Waals surface area contributed by atoms with Crippen LogP contribution in [-0.2, 0) is 16.0 Å². The summed E-state index contributed by atoms with van der Waals surface area (Å²) in [4.78, 5) is 24.7. The van der Waals surface area contributed by atoms with E-state index in [1.807, 2.05) is 36.4 Å². The highest BCUT2D eigenvalue weighted by Gasteiger charge is 2.53. The Bertz CT molecular complexity index is 791. The Morgan fingerprint density at radius 3 is 2.73 bits per heavy atom. The quantitative estimate of drug-likeness (QED) is 0.827. The number of hydrogen-bond donors (Lipinski definition) is 1. The molecule has 2 fully saturated rings. The van der Waals surface area contributed by atoms with E-state index in [1.54, 1.807) is 13.2 Å². The number of fused-ring (bicyclic) bond motifs is 1. The molecular formula is C21H23NO4. The number of amides is 2. The zero-order valence-electron chi connectivity index (χ0n) is 14.9. The predicted octanol–water partition coefficient (Wildman–Crippen LogP) is 2.94. The van der Waals surface area contributed by atoms with Crippen molar-refractivity contribution in [1.29, 1.82) is 0 Å². The van der Waals surface area contributed by atoms with Gasteiger partial charge in [-0.1, -0.05) is 30.4 Å². The highest BCUT2D eigenvalue weighted by Crippen LogP contribution is 2.42. The highest BCUT2D eigenvalue weighted by molar-refractivity contribution is 6.09. The molecule has 0 radical (unpaired) electrons. The molecule has 2 amide bonds. The lowest BCUT2D eigenvalue weighted by molar-refractivity contribution is -0.127. The number of benzene rings is 1. The molecule has 0 unspecified atom stereocenters. The standard InChI is InChI=1S/C21H23NO4/c1-25-17-10-9-14(12-18(17)26-15-6-2-3-7-15)13-21-11-5-4-8-16(21)19(23)22-20(21)24/h4-5,8-12,15-16H,2-3,6-7,13H2,1H3,(H,22,23,24)/t16-,21+/m1/s1. The predicted molar refractivity (Wildman–Crippen MR) is 96.9 cm³/mol. The molecular weight excluding hydrogens is 330 g/mol. The van der Waals surface area contributed by atoms with Crippen LogP contribution in [0.15, 0.2) is 42.5 Å². The van der Waals surface area contributed by atoms with Crippen molar-refractivity contribution in [1.82, 2.24) is 5.32 Å². The number of carbonyl (C=O) groups excluding carboxylic acids is 2. The molecule has 0 aromatic heterocycles.